The first kappa shape index (κ1) is 16.2. The van der Waals surface area contributed by atoms with Crippen molar-refractivity contribution in [2.75, 3.05) is 11.9 Å². The Hall–Kier alpha value is -2.67. The molecule has 0 radical (unpaired) electrons. The van der Waals surface area contributed by atoms with E-state index >= 15 is 0 Å². The summed E-state index contributed by atoms with van der Waals surface area (Å²) in [6.45, 7) is 2.77. The van der Waals surface area contributed by atoms with Gasteiger partial charge in [0.05, 0.1) is 10.4 Å². The molecule has 7 heteroatoms. The number of nitro benzene ring substituents is 1. The van der Waals surface area contributed by atoms with Crippen molar-refractivity contribution < 1.29 is 4.92 Å². The highest BCUT2D eigenvalue weighted by Gasteiger charge is 2.14. The van der Waals surface area contributed by atoms with E-state index in [0.29, 0.717) is 16.5 Å². The minimum Gasteiger partial charge on any atom is -0.370 e. The molecule has 0 aliphatic heterocycles. The monoisotopic (exact) mass is 340 g/mol. The molecule has 1 heterocycles. The molecule has 2 aromatic carbocycles. The molecule has 3 aromatic rings. The molecule has 0 bridgehead atoms. The van der Waals surface area contributed by atoms with Gasteiger partial charge >= 0.3 is 0 Å². The molecular formula is C17H16N4O2S. The first-order valence-electron chi connectivity index (χ1n) is 7.54. The van der Waals surface area contributed by atoms with Crippen LogP contribution < -0.4 is 5.32 Å². The van der Waals surface area contributed by atoms with E-state index in [2.05, 4.69) is 15.3 Å². The summed E-state index contributed by atoms with van der Waals surface area (Å²) in [5.41, 5.74) is 1.64. The lowest BCUT2D eigenvalue weighted by Gasteiger charge is -2.09. The van der Waals surface area contributed by atoms with Gasteiger partial charge in [-0.05, 0) is 19.1 Å². The number of para-hydroxylation sites is 2. The number of hydrogen-bond donors (Lipinski definition) is 1. The van der Waals surface area contributed by atoms with E-state index < -0.39 is 0 Å². The fourth-order valence-electron chi connectivity index (χ4n) is 2.38. The standard InChI is InChI=1S/C17H16N4O2S/c1-2-18-16-13-8-4-5-9-14(13)19-17(20-16)24-11-12-7-3-6-10-15(12)21(22)23/h3-10H,2,11H2,1H3,(H,18,19,20). The third-order valence-electron chi connectivity index (χ3n) is 3.47. The van der Waals surface area contributed by atoms with Crippen LogP contribution in [0, 0.1) is 10.1 Å². The van der Waals surface area contributed by atoms with Gasteiger partial charge in [0.2, 0.25) is 0 Å². The number of hydrogen-bond acceptors (Lipinski definition) is 6. The highest BCUT2D eigenvalue weighted by Crippen LogP contribution is 2.29. The average molecular weight is 340 g/mol. The number of thioether (sulfide) groups is 1. The van der Waals surface area contributed by atoms with Gasteiger partial charge < -0.3 is 5.32 Å². The molecule has 6 nitrogen and oxygen atoms in total. The predicted octanol–water partition coefficient (Wildman–Crippen LogP) is 4.26. The fraction of sp³-hybridized carbons (Fsp3) is 0.176. The second kappa shape index (κ2) is 7.27. The van der Waals surface area contributed by atoms with Crippen LogP contribution in [-0.4, -0.2) is 21.4 Å². The summed E-state index contributed by atoms with van der Waals surface area (Å²) in [4.78, 5) is 19.8. The molecule has 0 amide bonds. The van der Waals surface area contributed by atoms with E-state index in [1.165, 1.54) is 17.8 Å². The maximum atomic E-state index is 11.1. The number of nitrogens with one attached hydrogen (secondary N) is 1. The second-order valence-corrected chi connectivity index (χ2v) is 6.02. The van der Waals surface area contributed by atoms with Crippen molar-refractivity contribution in [3.8, 4) is 0 Å². The summed E-state index contributed by atoms with van der Waals surface area (Å²) in [6.07, 6.45) is 0. The van der Waals surface area contributed by atoms with E-state index in [-0.39, 0.29) is 10.6 Å². The van der Waals surface area contributed by atoms with Crippen molar-refractivity contribution in [3.05, 3.63) is 64.2 Å². The Bertz CT molecular complexity index is 885. The highest BCUT2D eigenvalue weighted by atomic mass is 32.2. The minimum atomic E-state index is -0.360. The van der Waals surface area contributed by atoms with Gasteiger partial charge in [-0.1, -0.05) is 42.1 Å². The van der Waals surface area contributed by atoms with E-state index in [0.717, 1.165) is 23.3 Å². The molecule has 0 fully saturated rings. The number of nitro groups is 1. The molecule has 0 aliphatic carbocycles. The lowest BCUT2D eigenvalue weighted by Crippen LogP contribution is -2.02. The Morgan fingerprint density at radius 3 is 2.67 bits per heavy atom. The molecule has 0 unspecified atom stereocenters. The Kier molecular flexibility index (Phi) is 4.90. The Morgan fingerprint density at radius 2 is 1.88 bits per heavy atom. The van der Waals surface area contributed by atoms with E-state index in [1.54, 1.807) is 18.2 Å². The van der Waals surface area contributed by atoms with Gasteiger partial charge in [-0.3, -0.25) is 10.1 Å². The molecule has 0 aliphatic rings. The van der Waals surface area contributed by atoms with Crippen LogP contribution in [0.4, 0.5) is 11.5 Å². The van der Waals surface area contributed by atoms with Crippen LogP contribution in [0.1, 0.15) is 12.5 Å². The van der Waals surface area contributed by atoms with Crippen LogP contribution in [0.25, 0.3) is 10.9 Å². The molecule has 0 spiro atoms. The number of nitrogens with zero attached hydrogens (tertiary/aromatic N) is 3. The van der Waals surface area contributed by atoms with Crippen LogP contribution in [0.2, 0.25) is 0 Å². The van der Waals surface area contributed by atoms with Gasteiger partial charge in [0.25, 0.3) is 5.69 Å². The summed E-state index contributed by atoms with van der Waals surface area (Å²) in [5, 5.41) is 15.9. The molecule has 0 atom stereocenters. The van der Waals surface area contributed by atoms with Gasteiger partial charge in [-0.2, -0.15) is 0 Å². The first-order chi connectivity index (χ1) is 11.7. The van der Waals surface area contributed by atoms with Crippen LogP contribution in [0.3, 0.4) is 0 Å². The van der Waals surface area contributed by atoms with E-state index in [4.69, 9.17) is 0 Å². The lowest BCUT2D eigenvalue weighted by atomic mass is 10.2. The van der Waals surface area contributed by atoms with Gasteiger partial charge in [-0.15, -0.1) is 0 Å². The molecule has 0 saturated carbocycles. The zero-order valence-electron chi connectivity index (χ0n) is 13.1. The zero-order valence-corrected chi connectivity index (χ0v) is 13.9. The third kappa shape index (κ3) is 3.46. The Balaban J connectivity index is 1.89. The first-order valence-corrected chi connectivity index (χ1v) is 8.53. The Labute approximate surface area is 143 Å². The van der Waals surface area contributed by atoms with Crippen LogP contribution in [0.15, 0.2) is 53.7 Å². The fourth-order valence-corrected chi connectivity index (χ4v) is 3.22. The number of anilines is 1. The summed E-state index contributed by atoms with van der Waals surface area (Å²) in [6, 6.07) is 14.5. The number of rotatable bonds is 6. The van der Waals surface area contributed by atoms with Crippen LogP contribution >= 0.6 is 11.8 Å². The second-order valence-electron chi connectivity index (χ2n) is 5.08. The summed E-state index contributed by atoms with van der Waals surface area (Å²) >= 11 is 1.39. The van der Waals surface area contributed by atoms with Crippen molar-refractivity contribution in [1.82, 2.24) is 9.97 Å². The topological polar surface area (TPSA) is 81.0 Å². The van der Waals surface area contributed by atoms with E-state index in [9.17, 15) is 10.1 Å². The van der Waals surface area contributed by atoms with Crippen molar-refractivity contribution in [2.45, 2.75) is 17.8 Å². The number of benzene rings is 2. The SMILES string of the molecule is CCNc1nc(SCc2ccccc2[N+](=O)[O-])nc2ccccc12. The molecular weight excluding hydrogens is 324 g/mol. The minimum absolute atomic E-state index is 0.123. The number of fused-ring (bicyclic) bond motifs is 1. The van der Waals surface area contributed by atoms with Crippen LogP contribution in [-0.2, 0) is 5.75 Å². The van der Waals surface area contributed by atoms with Crippen molar-refractivity contribution >= 4 is 34.2 Å². The largest absolute Gasteiger partial charge is 0.370 e. The van der Waals surface area contributed by atoms with Gasteiger partial charge in [-0.25, -0.2) is 9.97 Å². The lowest BCUT2D eigenvalue weighted by molar-refractivity contribution is -0.385. The third-order valence-corrected chi connectivity index (χ3v) is 4.37. The van der Waals surface area contributed by atoms with Gasteiger partial charge in [0, 0.05) is 29.3 Å². The average Bonchev–Trinajstić information content (AvgIpc) is 2.60. The van der Waals surface area contributed by atoms with Crippen molar-refractivity contribution in [3.63, 3.8) is 0 Å². The Morgan fingerprint density at radius 1 is 1.12 bits per heavy atom. The summed E-state index contributed by atoms with van der Waals surface area (Å²) in [5.74, 6) is 1.23. The zero-order chi connectivity index (χ0) is 16.9. The maximum absolute atomic E-state index is 11.1. The smallest absolute Gasteiger partial charge is 0.273 e. The van der Waals surface area contributed by atoms with Crippen LogP contribution in [0.5, 0.6) is 0 Å². The molecule has 24 heavy (non-hydrogen) atoms. The molecule has 3 rings (SSSR count). The quantitative estimate of drug-likeness (QED) is 0.312. The molecule has 1 N–H and O–H groups in total. The predicted molar refractivity (Wildman–Crippen MR) is 96.4 cm³/mol. The normalized spacial score (nSPS) is 10.7. The molecule has 0 saturated heterocycles. The molecule has 1 aromatic heterocycles. The number of aromatic nitrogens is 2. The van der Waals surface area contributed by atoms with E-state index in [1.807, 2.05) is 31.2 Å². The maximum Gasteiger partial charge on any atom is 0.273 e. The molecule has 122 valence electrons. The highest BCUT2D eigenvalue weighted by molar-refractivity contribution is 7.98. The summed E-state index contributed by atoms with van der Waals surface area (Å²) < 4.78 is 0. The van der Waals surface area contributed by atoms with Gasteiger partial charge in [0.15, 0.2) is 5.16 Å². The van der Waals surface area contributed by atoms with Crippen molar-refractivity contribution in [1.29, 1.82) is 0 Å². The van der Waals surface area contributed by atoms with Gasteiger partial charge in [0.1, 0.15) is 5.82 Å². The summed E-state index contributed by atoms with van der Waals surface area (Å²) in [7, 11) is 0. The van der Waals surface area contributed by atoms with Crippen molar-refractivity contribution in [2.24, 2.45) is 0 Å².